The van der Waals surface area contributed by atoms with Gasteiger partial charge in [-0.05, 0) is 32.0 Å². The summed E-state index contributed by atoms with van der Waals surface area (Å²) in [6, 6.07) is 3.16. The third-order valence-electron chi connectivity index (χ3n) is 2.57. The Labute approximate surface area is 126 Å². The number of hydrogen-bond donors (Lipinski definition) is 2. The lowest BCUT2D eigenvalue weighted by Gasteiger charge is -2.22. The van der Waals surface area contributed by atoms with Crippen molar-refractivity contribution in [3.05, 3.63) is 28.8 Å². The highest BCUT2D eigenvalue weighted by Gasteiger charge is 2.34. The van der Waals surface area contributed by atoms with Gasteiger partial charge >= 0.3 is 11.9 Å². The molecule has 116 valence electrons. The maximum atomic E-state index is 12.2. The molecule has 0 atom stereocenters. The molecule has 0 saturated heterocycles. The number of rotatable bonds is 5. The number of benzene rings is 1. The van der Waals surface area contributed by atoms with Crippen LogP contribution in [0.25, 0.3) is 0 Å². The van der Waals surface area contributed by atoms with Crippen molar-refractivity contribution < 1.29 is 27.9 Å². The Bertz CT molecular complexity index is 683. The zero-order chi connectivity index (χ0) is 16.4. The van der Waals surface area contributed by atoms with Gasteiger partial charge in [-0.3, -0.25) is 4.79 Å². The highest BCUT2D eigenvalue weighted by atomic mass is 35.5. The number of halogens is 1. The molecule has 7 nitrogen and oxygen atoms in total. The molecule has 0 heterocycles. The van der Waals surface area contributed by atoms with Gasteiger partial charge in [0.25, 0.3) is 0 Å². The lowest BCUT2D eigenvalue weighted by atomic mass is 10.1. The normalized spacial score (nSPS) is 12.0. The Hall–Kier alpha value is -1.64. The SMILES string of the molecule is COC(=O)C(C)(C)NS(=O)(=O)c1ccc(C(=O)O)c(Cl)c1. The number of nitrogens with one attached hydrogen (secondary N) is 1. The van der Waals surface area contributed by atoms with Crippen LogP contribution < -0.4 is 4.72 Å². The van der Waals surface area contributed by atoms with E-state index in [2.05, 4.69) is 9.46 Å². The van der Waals surface area contributed by atoms with E-state index in [0.29, 0.717) is 0 Å². The number of sulfonamides is 1. The first-order valence-corrected chi connectivity index (χ1v) is 7.52. The van der Waals surface area contributed by atoms with Gasteiger partial charge in [-0.2, -0.15) is 4.72 Å². The van der Waals surface area contributed by atoms with Crippen LogP contribution in [-0.2, 0) is 19.6 Å². The van der Waals surface area contributed by atoms with Gasteiger partial charge in [0, 0.05) is 0 Å². The largest absolute Gasteiger partial charge is 0.478 e. The molecule has 1 aromatic carbocycles. The van der Waals surface area contributed by atoms with Gasteiger partial charge < -0.3 is 9.84 Å². The van der Waals surface area contributed by atoms with Crippen LogP contribution in [0.15, 0.2) is 23.1 Å². The summed E-state index contributed by atoms with van der Waals surface area (Å²) in [5, 5.41) is 8.62. The topological polar surface area (TPSA) is 110 Å². The number of hydrogen-bond acceptors (Lipinski definition) is 5. The maximum absolute atomic E-state index is 12.2. The predicted molar refractivity (Wildman–Crippen MR) is 74.8 cm³/mol. The average molecular weight is 336 g/mol. The maximum Gasteiger partial charge on any atom is 0.337 e. The molecule has 0 spiro atoms. The fourth-order valence-corrected chi connectivity index (χ4v) is 3.25. The van der Waals surface area contributed by atoms with Gasteiger partial charge in [-0.1, -0.05) is 11.6 Å². The Balaban J connectivity index is 3.18. The van der Waals surface area contributed by atoms with E-state index in [0.717, 1.165) is 25.3 Å². The standard InChI is InChI=1S/C12H14ClNO6S/c1-12(2,11(17)20-3)14-21(18,19)7-4-5-8(10(15)16)9(13)6-7/h4-6,14H,1-3H3,(H,15,16). The van der Waals surface area contributed by atoms with E-state index in [4.69, 9.17) is 16.7 Å². The number of aromatic carboxylic acids is 1. The molecule has 0 aromatic heterocycles. The predicted octanol–water partition coefficient (Wildman–Crippen LogP) is 1.27. The summed E-state index contributed by atoms with van der Waals surface area (Å²) in [6.45, 7) is 2.67. The van der Waals surface area contributed by atoms with E-state index in [-0.39, 0.29) is 15.5 Å². The molecule has 0 radical (unpaired) electrons. The smallest absolute Gasteiger partial charge is 0.337 e. The summed E-state index contributed by atoms with van der Waals surface area (Å²) in [4.78, 5) is 22.1. The molecule has 0 unspecified atom stereocenters. The molecule has 0 aliphatic rings. The lowest BCUT2D eigenvalue weighted by Crippen LogP contribution is -2.50. The van der Waals surface area contributed by atoms with E-state index in [1.165, 1.54) is 13.8 Å². The molecule has 0 fully saturated rings. The zero-order valence-electron chi connectivity index (χ0n) is 11.5. The average Bonchev–Trinajstić information content (AvgIpc) is 2.35. The number of ether oxygens (including phenoxy) is 1. The first-order valence-electron chi connectivity index (χ1n) is 5.66. The molecule has 1 rings (SSSR count). The molecule has 9 heteroatoms. The summed E-state index contributed by atoms with van der Waals surface area (Å²) >= 11 is 5.73. The molecule has 0 bridgehead atoms. The van der Waals surface area contributed by atoms with Crippen molar-refractivity contribution in [3.8, 4) is 0 Å². The molecule has 0 aliphatic carbocycles. The van der Waals surface area contributed by atoms with Crippen molar-refractivity contribution >= 4 is 33.6 Å². The first kappa shape index (κ1) is 17.4. The third-order valence-corrected chi connectivity index (χ3v) is 4.53. The Kier molecular flexibility index (Phi) is 4.98. The quantitative estimate of drug-likeness (QED) is 0.784. The summed E-state index contributed by atoms with van der Waals surface area (Å²) in [7, 11) is -2.93. The second-order valence-corrected chi connectivity index (χ2v) is 6.76. The number of esters is 1. The van der Waals surface area contributed by atoms with Crippen LogP contribution >= 0.6 is 11.6 Å². The second-order valence-electron chi connectivity index (χ2n) is 4.67. The van der Waals surface area contributed by atoms with Crippen LogP contribution in [0, 0.1) is 0 Å². The third kappa shape index (κ3) is 3.93. The van der Waals surface area contributed by atoms with Gasteiger partial charge in [0.05, 0.1) is 22.6 Å². The highest BCUT2D eigenvalue weighted by molar-refractivity contribution is 7.89. The molecule has 0 aliphatic heterocycles. The fraction of sp³-hybridized carbons (Fsp3) is 0.333. The summed E-state index contributed by atoms with van der Waals surface area (Å²) in [5.41, 5.74) is -1.70. The minimum absolute atomic E-state index is 0.220. The van der Waals surface area contributed by atoms with Gasteiger partial charge in [-0.15, -0.1) is 0 Å². The van der Waals surface area contributed by atoms with E-state index in [1.807, 2.05) is 0 Å². The second kappa shape index (κ2) is 6.00. The van der Waals surface area contributed by atoms with Crippen molar-refractivity contribution in [2.45, 2.75) is 24.3 Å². The number of methoxy groups -OCH3 is 1. The Morgan fingerprint density at radius 1 is 1.33 bits per heavy atom. The minimum Gasteiger partial charge on any atom is -0.478 e. The lowest BCUT2D eigenvalue weighted by molar-refractivity contribution is -0.146. The number of carboxylic acids is 1. The molecule has 0 saturated carbocycles. The molecular weight excluding hydrogens is 322 g/mol. The van der Waals surface area contributed by atoms with Gasteiger partial charge in [-0.25, -0.2) is 13.2 Å². The molecule has 2 N–H and O–H groups in total. The van der Waals surface area contributed by atoms with Crippen LogP contribution in [0.4, 0.5) is 0 Å². The van der Waals surface area contributed by atoms with Gasteiger partial charge in [0.2, 0.25) is 10.0 Å². The highest BCUT2D eigenvalue weighted by Crippen LogP contribution is 2.22. The fourth-order valence-electron chi connectivity index (χ4n) is 1.53. The molecule has 0 amide bonds. The first-order chi connectivity index (χ1) is 9.51. The Morgan fingerprint density at radius 3 is 2.33 bits per heavy atom. The van der Waals surface area contributed by atoms with Gasteiger partial charge in [0.1, 0.15) is 5.54 Å². The van der Waals surface area contributed by atoms with E-state index in [1.54, 1.807) is 0 Å². The molecule has 21 heavy (non-hydrogen) atoms. The van der Waals surface area contributed by atoms with Crippen molar-refractivity contribution in [3.63, 3.8) is 0 Å². The van der Waals surface area contributed by atoms with E-state index in [9.17, 15) is 18.0 Å². The number of carbonyl (C=O) groups excluding carboxylic acids is 1. The monoisotopic (exact) mass is 335 g/mol. The van der Waals surface area contributed by atoms with Crippen LogP contribution in [-0.4, -0.2) is 38.1 Å². The zero-order valence-corrected chi connectivity index (χ0v) is 13.1. The molecular formula is C12H14ClNO6S. The van der Waals surface area contributed by atoms with E-state index < -0.39 is 27.5 Å². The van der Waals surface area contributed by atoms with Crippen molar-refractivity contribution in [2.24, 2.45) is 0 Å². The summed E-state index contributed by atoms with van der Waals surface area (Å²) in [6.07, 6.45) is 0. The van der Waals surface area contributed by atoms with Crippen molar-refractivity contribution in [2.75, 3.05) is 7.11 Å². The number of carbonyl (C=O) groups is 2. The number of carboxylic acid groups (broad SMARTS) is 1. The van der Waals surface area contributed by atoms with Crippen LogP contribution in [0.2, 0.25) is 5.02 Å². The summed E-state index contributed by atoms with van der Waals surface area (Å²) in [5.74, 6) is -2.04. The minimum atomic E-state index is -4.07. The summed E-state index contributed by atoms with van der Waals surface area (Å²) < 4.78 is 31.0. The van der Waals surface area contributed by atoms with Crippen LogP contribution in [0.3, 0.4) is 0 Å². The van der Waals surface area contributed by atoms with Crippen LogP contribution in [0.5, 0.6) is 0 Å². The van der Waals surface area contributed by atoms with Gasteiger partial charge in [0.15, 0.2) is 0 Å². The van der Waals surface area contributed by atoms with E-state index >= 15 is 0 Å². The Morgan fingerprint density at radius 2 is 1.90 bits per heavy atom. The van der Waals surface area contributed by atoms with Crippen molar-refractivity contribution in [1.29, 1.82) is 0 Å². The van der Waals surface area contributed by atoms with Crippen LogP contribution in [0.1, 0.15) is 24.2 Å². The molecule has 1 aromatic rings. The van der Waals surface area contributed by atoms with Crippen molar-refractivity contribution in [1.82, 2.24) is 4.72 Å².